The molecule has 0 N–H and O–H groups in total. The van der Waals surface area contributed by atoms with Crippen molar-refractivity contribution in [1.29, 1.82) is 0 Å². The van der Waals surface area contributed by atoms with Crippen molar-refractivity contribution >= 4 is 40.0 Å². The molecule has 0 aliphatic rings. The Bertz CT molecular complexity index is 388. The van der Waals surface area contributed by atoms with Crippen LogP contribution in [0.3, 0.4) is 0 Å². The Morgan fingerprint density at radius 1 is 1.64 bits per heavy atom. The lowest BCUT2D eigenvalue weighted by Gasteiger charge is -1.99. The van der Waals surface area contributed by atoms with Crippen molar-refractivity contribution in [2.24, 2.45) is 0 Å². The molecule has 1 aromatic rings. The molecule has 1 heterocycles. The molecule has 0 radical (unpaired) electrons. The molecule has 0 aliphatic carbocycles. The Kier molecular flexibility index (Phi) is 3.53. The molecule has 0 unspecified atom stereocenters. The lowest BCUT2D eigenvalue weighted by atomic mass is 10.3. The van der Waals surface area contributed by atoms with Gasteiger partial charge in [0.1, 0.15) is 0 Å². The van der Waals surface area contributed by atoms with Gasteiger partial charge in [0, 0.05) is 9.64 Å². The first-order valence-corrected chi connectivity index (χ1v) is 4.67. The van der Waals surface area contributed by atoms with Crippen LogP contribution in [0.4, 0.5) is 14.6 Å². The van der Waals surface area contributed by atoms with Gasteiger partial charge >= 0.3 is 12.2 Å². The van der Waals surface area contributed by atoms with Crippen LogP contribution in [-0.2, 0) is 0 Å². The molecule has 4 nitrogen and oxygen atoms in total. The normalized spacial score (nSPS) is 10.6. The van der Waals surface area contributed by atoms with E-state index in [1.54, 1.807) is 22.6 Å². The Balaban J connectivity index is 3.35. The molecule has 0 spiro atoms. The molecule has 0 fully saturated rings. The summed E-state index contributed by atoms with van der Waals surface area (Å²) in [5.74, 6) is -0.742. The Hall–Kier alpha value is -0.570. The molecular weight excluding hydrogens is 332 g/mol. The van der Waals surface area contributed by atoms with Crippen LogP contribution in [0, 0.1) is 13.7 Å². The fraction of sp³-hybridized carbons (Fsp3) is 0.167. The number of nitrogens with zero attached hydrogens (tertiary/aromatic N) is 2. The van der Waals surface area contributed by atoms with Crippen LogP contribution in [0.5, 0.6) is 0 Å². The Labute approximate surface area is 95.6 Å². The molecule has 76 valence electrons. The first kappa shape index (κ1) is 11.5. The zero-order valence-electron chi connectivity index (χ0n) is 6.38. The average molecular weight is 334 g/mol. The van der Waals surface area contributed by atoms with Crippen LogP contribution in [0.25, 0.3) is 0 Å². The van der Waals surface area contributed by atoms with E-state index in [0.717, 1.165) is 6.07 Å². The Morgan fingerprint density at radius 2 is 2.21 bits per heavy atom. The van der Waals surface area contributed by atoms with E-state index in [1.165, 1.54) is 0 Å². The number of rotatable bonds is 2. The van der Waals surface area contributed by atoms with E-state index in [4.69, 9.17) is 11.6 Å². The molecular formula is C6H2ClF2IN2O2. The molecule has 0 aromatic carbocycles. The number of nitro groups is 1. The second kappa shape index (κ2) is 4.30. The summed E-state index contributed by atoms with van der Waals surface area (Å²) in [5.41, 5.74) is -0.648. The van der Waals surface area contributed by atoms with Crippen molar-refractivity contribution in [3.63, 3.8) is 0 Å². The van der Waals surface area contributed by atoms with Crippen LogP contribution in [0.1, 0.15) is 12.1 Å². The van der Waals surface area contributed by atoms with Gasteiger partial charge < -0.3 is 10.1 Å². The van der Waals surface area contributed by atoms with Crippen molar-refractivity contribution in [3.8, 4) is 0 Å². The minimum atomic E-state index is -2.85. The molecule has 0 atom stereocenters. The summed E-state index contributed by atoms with van der Waals surface area (Å²) < 4.78 is 24.6. The second-order valence-electron chi connectivity index (χ2n) is 2.22. The molecule has 0 amide bonds. The number of halogens is 4. The zero-order chi connectivity index (χ0) is 10.9. The van der Waals surface area contributed by atoms with E-state index < -0.39 is 22.9 Å². The third kappa shape index (κ3) is 2.27. The minimum absolute atomic E-state index is 0.182. The van der Waals surface area contributed by atoms with E-state index in [-0.39, 0.29) is 8.59 Å². The molecule has 14 heavy (non-hydrogen) atoms. The van der Waals surface area contributed by atoms with Gasteiger partial charge in [0.25, 0.3) is 0 Å². The van der Waals surface area contributed by atoms with Crippen molar-refractivity contribution < 1.29 is 13.7 Å². The van der Waals surface area contributed by atoms with Crippen molar-refractivity contribution in [1.82, 2.24) is 4.98 Å². The molecule has 8 heteroatoms. The monoisotopic (exact) mass is 334 g/mol. The molecule has 0 bridgehead atoms. The maximum absolute atomic E-state index is 12.2. The van der Waals surface area contributed by atoms with Gasteiger partial charge in [-0.25, -0.2) is 8.78 Å². The standard InChI is InChI=1S/C6H2ClF2IN2O2/c7-4-2(10)1-3(5(8)9)11-6(4)12(13)14/h1,5H. The average Bonchev–Trinajstić information content (AvgIpc) is 2.08. The summed E-state index contributed by atoms with van der Waals surface area (Å²) in [4.78, 5) is 12.6. The largest absolute Gasteiger partial charge is 0.383 e. The van der Waals surface area contributed by atoms with Gasteiger partial charge in [-0.05, 0) is 32.5 Å². The van der Waals surface area contributed by atoms with Crippen molar-refractivity contribution in [3.05, 3.63) is 30.5 Å². The van der Waals surface area contributed by atoms with E-state index in [2.05, 4.69) is 4.98 Å². The fourth-order valence-corrected chi connectivity index (χ4v) is 1.46. The van der Waals surface area contributed by atoms with Crippen LogP contribution in [0.15, 0.2) is 6.07 Å². The maximum atomic E-state index is 12.2. The second-order valence-corrected chi connectivity index (χ2v) is 3.76. The third-order valence-corrected chi connectivity index (χ3v) is 2.85. The lowest BCUT2D eigenvalue weighted by Crippen LogP contribution is -1.99. The number of hydrogen-bond donors (Lipinski definition) is 0. The van der Waals surface area contributed by atoms with Crippen LogP contribution in [0.2, 0.25) is 5.02 Å². The van der Waals surface area contributed by atoms with E-state index in [9.17, 15) is 18.9 Å². The van der Waals surface area contributed by atoms with Crippen LogP contribution < -0.4 is 0 Å². The molecule has 1 aromatic heterocycles. The molecule has 0 saturated heterocycles. The molecule has 0 aliphatic heterocycles. The lowest BCUT2D eigenvalue weighted by molar-refractivity contribution is -0.389. The van der Waals surface area contributed by atoms with Gasteiger partial charge in [-0.1, -0.05) is 11.6 Å². The zero-order valence-corrected chi connectivity index (χ0v) is 9.29. The highest BCUT2D eigenvalue weighted by Gasteiger charge is 2.24. The number of pyridine rings is 1. The fourth-order valence-electron chi connectivity index (χ4n) is 0.736. The quantitative estimate of drug-likeness (QED) is 0.474. The summed E-state index contributed by atoms with van der Waals surface area (Å²) in [6.45, 7) is 0. The van der Waals surface area contributed by atoms with Gasteiger partial charge in [-0.15, -0.1) is 0 Å². The highest BCUT2D eigenvalue weighted by molar-refractivity contribution is 14.1. The minimum Gasteiger partial charge on any atom is -0.358 e. The first-order valence-electron chi connectivity index (χ1n) is 3.22. The van der Waals surface area contributed by atoms with Gasteiger partial charge in [-0.2, -0.15) is 0 Å². The van der Waals surface area contributed by atoms with E-state index >= 15 is 0 Å². The molecule has 1 rings (SSSR count). The highest BCUT2D eigenvalue weighted by atomic mass is 127. The van der Waals surface area contributed by atoms with E-state index in [1.807, 2.05) is 0 Å². The van der Waals surface area contributed by atoms with Gasteiger partial charge in [-0.3, -0.25) is 0 Å². The van der Waals surface area contributed by atoms with E-state index in [0.29, 0.717) is 0 Å². The smallest absolute Gasteiger partial charge is 0.358 e. The summed E-state index contributed by atoms with van der Waals surface area (Å²) in [7, 11) is 0. The van der Waals surface area contributed by atoms with Crippen molar-refractivity contribution in [2.75, 3.05) is 0 Å². The SMILES string of the molecule is O=[N+]([O-])c1nc(C(F)F)cc(I)c1Cl. The van der Waals surface area contributed by atoms with Gasteiger partial charge in [0.15, 0.2) is 5.02 Å². The summed E-state index contributed by atoms with van der Waals surface area (Å²) >= 11 is 7.14. The van der Waals surface area contributed by atoms with Crippen LogP contribution >= 0.6 is 34.2 Å². The maximum Gasteiger partial charge on any atom is 0.383 e. The molecule has 0 saturated carbocycles. The number of hydrogen-bond acceptors (Lipinski definition) is 3. The predicted molar refractivity (Wildman–Crippen MR) is 53.6 cm³/mol. The predicted octanol–water partition coefficient (Wildman–Crippen LogP) is 3.19. The topological polar surface area (TPSA) is 56.0 Å². The van der Waals surface area contributed by atoms with Crippen molar-refractivity contribution in [2.45, 2.75) is 6.43 Å². The summed E-state index contributed by atoms with van der Waals surface area (Å²) in [6.07, 6.45) is -2.85. The first-order chi connectivity index (χ1) is 6.43. The Morgan fingerprint density at radius 3 is 2.64 bits per heavy atom. The number of aromatic nitrogens is 1. The summed E-state index contributed by atoms with van der Waals surface area (Å²) in [5, 5.41) is 10.1. The third-order valence-electron chi connectivity index (χ3n) is 1.31. The van der Waals surface area contributed by atoms with Gasteiger partial charge in [0.2, 0.25) is 5.69 Å². The van der Waals surface area contributed by atoms with Crippen LogP contribution in [-0.4, -0.2) is 9.91 Å². The highest BCUT2D eigenvalue weighted by Crippen LogP contribution is 2.30. The van der Waals surface area contributed by atoms with Gasteiger partial charge in [0.05, 0.1) is 0 Å². The number of alkyl halides is 2. The summed E-state index contributed by atoms with van der Waals surface area (Å²) in [6, 6.07) is 1.01.